The van der Waals surface area contributed by atoms with Crippen molar-refractivity contribution in [1.29, 1.82) is 0 Å². The molecule has 0 N–H and O–H groups in total. The highest BCUT2D eigenvalue weighted by molar-refractivity contribution is 7.11. The summed E-state index contributed by atoms with van der Waals surface area (Å²) in [6.45, 7) is 3.50. The second-order valence-corrected chi connectivity index (χ2v) is 8.01. The Hall–Kier alpha value is -1.69. The van der Waals surface area contributed by atoms with Gasteiger partial charge in [0.1, 0.15) is 5.76 Å². The Balaban J connectivity index is 1.34. The molecule has 0 saturated carbocycles. The number of nitrogens with zero attached hydrogens (tertiary/aromatic N) is 3. The molecule has 2 aromatic heterocycles. The van der Waals surface area contributed by atoms with Crippen molar-refractivity contribution in [3.8, 4) is 0 Å². The van der Waals surface area contributed by atoms with E-state index in [1.807, 2.05) is 29.2 Å². The van der Waals surface area contributed by atoms with Crippen molar-refractivity contribution in [3.05, 3.63) is 33.1 Å². The lowest BCUT2D eigenvalue weighted by Gasteiger charge is -2.31. The highest BCUT2D eigenvalue weighted by atomic mass is 32.1. The number of thiazole rings is 1. The quantitative estimate of drug-likeness (QED) is 0.857. The van der Waals surface area contributed by atoms with Crippen molar-refractivity contribution < 1.29 is 9.32 Å². The van der Waals surface area contributed by atoms with E-state index in [-0.39, 0.29) is 5.91 Å². The molecule has 0 unspecified atom stereocenters. The predicted molar refractivity (Wildman–Crippen MR) is 92.3 cm³/mol. The van der Waals surface area contributed by atoms with Crippen molar-refractivity contribution in [2.24, 2.45) is 0 Å². The number of aryl methyl sites for hydroxylation is 3. The Kier molecular flexibility index (Phi) is 4.39. The van der Waals surface area contributed by atoms with Crippen LogP contribution in [0.2, 0.25) is 0 Å². The summed E-state index contributed by atoms with van der Waals surface area (Å²) < 4.78 is 5.04. The minimum atomic E-state index is 0.153. The summed E-state index contributed by atoms with van der Waals surface area (Å²) in [5.74, 6) is 1.43. The molecule has 24 heavy (non-hydrogen) atoms. The Morgan fingerprint density at radius 1 is 1.33 bits per heavy atom. The van der Waals surface area contributed by atoms with Crippen molar-refractivity contribution in [2.45, 2.75) is 57.8 Å². The number of carbonyl (C=O) groups is 1. The molecule has 1 aliphatic carbocycles. The van der Waals surface area contributed by atoms with Crippen molar-refractivity contribution in [3.63, 3.8) is 0 Å². The van der Waals surface area contributed by atoms with Crippen LogP contribution in [0.4, 0.5) is 0 Å². The van der Waals surface area contributed by atoms with E-state index in [0.717, 1.165) is 43.8 Å². The van der Waals surface area contributed by atoms with Crippen LogP contribution in [0.25, 0.3) is 0 Å². The number of hydrogen-bond donors (Lipinski definition) is 0. The van der Waals surface area contributed by atoms with E-state index in [2.05, 4.69) is 5.16 Å². The van der Waals surface area contributed by atoms with Crippen LogP contribution in [-0.2, 0) is 24.1 Å². The molecule has 2 aliphatic rings. The van der Waals surface area contributed by atoms with Crippen LogP contribution in [0.3, 0.4) is 0 Å². The van der Waals surface area contributed by atoms with Crippen LogP contribution >= 0.6 is 11.3 Å². The summed E-state index contributed by atoms with van der Waals surface area (Å²) in [6.07, 6.45) is 7.34. The van der Waals surface area contributed by atoms with Gasteiger partial charge in [-0.1, -0.05) is 5.16 Å². The fraction of sp³-hybridized carbons (Fsp3) is 0.611. The van der Waals surface area contributed by atoms with E-state index in [4.69, 9.17) is 9.51 Å². The number of amides is 1. The molecular formula is C18H23N3O2S. The zero-order valence-electron chi connectivity index (χ0n) is 14.1. The SMILES string of the molecule is Cc1cc(CC(=O)N2CCC(c3nc4c(s3)CCCC4)CC2)no1. The lowest BCUT2D eigenvalue weighted by molar-refractivity contribution is -0.131. The molecule has 0 radical (unpaired) electrons. The number of aromatic nitrogens is 2. The molecule has 128 valence electrons. The molecule has 5 nitrogen and oxygen atoms in total. The third kappa shape index (κ3) is 3.24. The van der Waals surface area contributed by atoms with Gasteiger partial charge in [-0.15, -0.1) is 11.3 Å². The summed E-state index contributed by atoms with van der Waals surface area (Å²) >= 11 is 1.92. The zero-order valence-corrected chi connectivity index (χ0v) is 14.9. The van der Waals surface area contributed by atoms with E-state index >= 15 is 0 Å². The average molecular weight is 345 g/mol. The lowest BCUT2D eigenvalue weighted by atomic mass is 9.97. The summed E-state index contributed by atoms with van der Waals surface area (Å²) in [5, 5.41) is 5.23. The monoisotopic (exact) mass is 345 g/mol. The highest BCUT2D eigenvalue weighted by Crippen LogP contribution is 2.35. The minimum absolute atomic E-state index is 0.153. The number of rotatable bonds is 3. The van der Waals surface area contributed by atoms with Gasteiger partial charge in [0, 0.05) is 30.0 Å². The summed E-state index contributed by atoms with van der Waals surface area (Å²) in [6, 6.07) is 1.84. The van der Waals surface area contributed by atoms with Gasteiger partial charge >= 0.3 is 0 Å². The molecule has 1 fully saturated rings. The first-order chi connectivity index (χ1) is 11.7. The van der Waals surface area contributed by atoms with Gasteiger partial charge in [-0.2, -0.15) is 0 Å². The van der Waals surface area contributed by atoms with Gasteiger partial charge in [-0.05, 0) is 45.4 Å². The number of hydrogen-bond acceptors (Lipinski definition) is 5. The number of fused-ring (bicyclic) bond motifs is 1. The van der Waals surface area contributed by atoms with Gasteiger partial charge in [-0.25, -0.2) is 4.98 Å². The zero-order chi connectivity index (χ0) is 16.5. The number of piperidine rings is 1. The van der Waals surface area contributed by atoms with Crippen LogP contribution in [0, 0.1) is 6.92 Å². The fourth-order valence-corrected chi connectivity index (χ4v) is 5.01. The van der Waals surface area contributed by atoms with Gasteiger partial charge in [-0.3, -0.25) is 4.79 Å². The third-order valence-electron chi connectivity index (χ3n) is 5.07. The maximum atomic E-state index is 12.4. The predicted octanol–water partition coefficient (Wildman–Crippen LogP) is 3.27. The van der Waals surface area contributed by atoms with E-state index in [1.54, 1.807) is 0 Å². The second kappa shape index (κ2) is 6.67. The van der Waals surface area contributed by atoms with Gasteiger partial charge in [0.2, 0.25) is 5.91 Å². The van der Waals surface area contributed by atoms with Crippen molar-refractivity contribution in [2.75, 3.05) is 13.1 Å². The smallest absolute Gasteiger partial charge is 0.228 e. The van der Waals surface area contributed by atoms with E-state index < -0.39 is 0 Å². The van der Waals surface area contributed by atoms with Crippen molar-refractivity contribution >= 4 is 17.2 Å². The number of carbonyl (C=O) groups excluding carboxylic acids is 1. The molecule has 2 aromatic rings. The first-order valence-corrected chi connectivity index (χ1v) is 9.69. The van der Waals surface area contributed by atoms with E-state index in [9.17, 15) is 4.79 Å². The Morgan fingerprint density at radius 2 is 2.12 bits per heavy atom. The van der Waals surface area contributed by atoms with Crippen LogP contribution in [0.5, 0.6) is 0 Å². The lowest BCUT2D eigenvalue weighted by Crippen LogP contribution is -2.38. The Bertz CT molecular complexity index is 705. The Labute approximate surface area is 146 Å². The third-order valence-corrected chi connectivity index (χ3v) is 6.39. The molecule has 3 heterocycles. The first kappa shape index (κ1) is 15.8. The molecule has 1 aliphatic heterocycles. The molecule has 6 heteroatoms. The summed E-state index contributed by atoms with van der Waals surface area (Å²) in [7, 11) is 0. The molecule has 1 saturated heterocycles. The van der Waals surface area contributed by atoms with Gasteiger partial charge in [0.25, 0.3) is 0 Å². The molecule has 4 rings (SSSR count). The topological polar surface area (TPSA) is 59.2 Å². The average Bonchev–Trinajstić information content (AvgIpc) is 3.21. The molecule has 0 bridgehead atoms. The molecule has 0 spiro atoms. The summed E-state index contributed by atoms with van der Waals surface area (Å²) in [5.41, 5.74) is 2.08. The van der Waals surface area contributed by atoms with Gasteiger partial charge in [0.05, 0.1) is 22.8 Å². The standard InChI is InChI=1S/C18H23N3O2S/c1-12-10-14(20-23-12)11-17(22)21-8-6-13(7-9-21)18-19-15-4-2-3-5-16(15)24-18/h10,13H,2-9,11H2,1H3. The van der Waals surface area contributed by atoms with Crippen LogP contribution < -0.4 is 0 Å². The normalized spacial score (nSPS) is 18.6. The van der Waals surface area contributed by atoms with Gasteiger partial charge in [0.15, 0.2) is 0 Å². The van der Waals surface area contributed by atoms with Crippen LogP contribution in [-0.4, -0.2) is 34.0 Å². The van der Waals surface area contributed by atoms with Crippen LogP contribution in [0.1, 0.15) is 58.6 Å². The van der Waals surface area contributed by atoms with Crippen LogP contribution in [0.15, 0.2) is 10.6 Å². The van der Waals surface area contributed by atoms with Gasteiger partial charge < -0.3 is 9.42 Å². The molecule has 1 amide bonds. The Morgan fingerprint density at radius 3 is 2.83 bits per heavy atom. The largest absolute Gasteiger partial charge is 0.361 e. The fourth-order valence-electron chi connectivity index (χ4n) is 3.69. The maximum absolute atomic E-state index is 12.4. The summed E-state index contributed by atoms with van der Waals surface area (Å²) in [4.78, 5) is 20.8. The minimum Gasteiger partial charge on any atom is -0.361 e. The maximum Gasteiger partial charge on any atom is 0.228 e. The highest BCUT2D eigenvalue weighted by Gasteiger charge is 2.27. The van der Waals surface area contributed by atoms with E-state index in [0.29, 0.717) is 12.3 Å². The van der Waals surface area contributed by atoms with E-state index in [1.165, 1.54) is 34.8 Å². The molecular weight excluding hydrogens is 322 g/mol. The second-order valence-electron chi connectivity index (χ2n) is 6.89. The van der Waals surface area contributed by atoms with Crippen molar-refractivity contribution in [1.82, 2.24) is 15.0 Å². The number of likely N-dealkylation sites (tertiary alicyclic amines) is 1. The first-order valence-electron chi connectivity index (χ1n) is 8.87. The molecule has 0 aromatic carbocycles. The molecule has 0 atom stereocenters.